The fourth-order valence-electron chi connectivity index (χ4n) is 7.10. The molecule has 6 aromatic rings. The minimum absolute atomic E-state index is 0.0460. The number of rotatable bonds is 7. The van der Waals surface area contributed by atoms with E-state index in [0.717, 1.165) is 16.2 Å². The van der Waals surface area contributed by atoms with E-state index < -0.39 is 24.9 Å². The number of carbonyl (C=O) groups is 3. The Balaban J connectivity index is 1.17. The van der Waals surface area contributed by atoms with Crippen LogP contribution >= 0.6 is 7.60 Å². The van der Waals surface area contributed by atoms with E-state index in [-0.39, 0.29) is 34.7 Å². The van der Waals surface area contributed by atoms with E-state index >= 15 is 0 Å². The SMILES string of the molecule is CC1CC(NC(=O)c2cc3ccccc3cc2C(=O)C(c2cccc3ccccc23)P(=O)(O)O)CCN1C(=O)c1ccc2ccccc2c1. The van der Waals surface area contributed by atoms with Gasteiger partial charge in [0.05, 0.1) is 5.56 Å². The van der Waals surface area contributed by atoms with Crippen molar-refractivity contribution in [2.45, 2.75) is 37.5 Å². The number of fused-ring (bicyclic) bond motifs is 3. The number of nitrogens with zero attached hydrogens (tertiary/aromatic N) is 1. The smallest absolute Gasteiger partial charge is 0.340 e. The zero-order valence-electron chi connectivity index (χ0n) is 26.8. The Morgan fingerprint density at radius 3 is 2.00 bits per heavy atom. The number of ketones is 1. The zero-order valence-corrected chi connectivity index (χ0v) is 27.7. The molecule has 6 aromatic carbocycles. The molecule has 0 saturated carbocycles. The maximum atomic E-state index is 14.4. The van der Waals surface area contributed by atoms with Gasteiger partial charge in [0.1, 0.15) is 5.66 Å². The molecule has 0 aromatic heterocycles. The molecule has 1 saturated heterocycles. The van der Waals surface area contributed by atoms with Gasteiger partial charge in [0.25, 0.3) is 11.8 Å². The van der Waals surface area contributed by atoms with Crippen molar-refractivity contribution in [3.05, 3.63) is 144 Å². The summed E-state index contributed by atoms with van der Waals surface area (Å²) in [6.07, 6.45) is 1.01. The second-order valence-corrected chi connectivity index (χ2v) is 14.5. The van der Waals surface area contributed by atoms with Crippen LogP contribution in [0.1, 0.15) is 62.1 Å². The number of hydrogen-bond acceptors (Lipinski definition) is 4. The van der Waals surface area contributed by atoms with Crippen LogP contribution in [0.15, 0.2) is 121 Å². The van der Waals surface area contributed by atoms with Gasteiger partial charge in [0.15, 0.2) is 5.78 Å². The zero-order chi connectivity index (χ0) is 34.3. The molecule has 1 fully saturated rings. The minimum atomic E-state index is -5.05. The van der Waals surface area contributed by atoms with Crippen molar-refractivity contribution in [1.82, 2.24) is 10.2 Å². The molecule has 8 nitrogen and oxygen atoms in total. The molecule has 3 atom stereocenters. The summed E-state index contributed by atoms with van der Waals surface area (Å²) in [5, 5.41) is 7.79. The van der Waals surface area contributed by atoms with Crippen LogP contribution < -0.4 is 5.32 Å². The number of amides is 2. The van der Waals surface area contributed by atoms with Gasteiger partial charge in [-0.05, 0) is 81.9 Å². The molecule has 0 aliphatic carbocycles. The molecule has 0 bridgehead atoms. The van der Waals surface area contributed by atoms with Crippen LogP contribution in [0.2, 0.25) is 0 Å². The molecule has 1 heterocycles. The number of benzene rings is 6. The van der Waals surface area contributed by atoms with Crippen LogP contribution in [-0.4, -0.2) is 50.9 Å². The summed E-state index contributed by atoms with van der Waals surface area (Å²) < 4.78 is 13.1. The lowest BCUT2D eigenvalue weighted by Gasteiger charge is -2.38. The van der Waals surface area contributed by atoms with Gasteiger partial charge in [0.2, 0.25) is 0 Å². The topological polar surface area (TPSA) is 124 Å². The number of hydrogen-bond donors (Lipinski definition) is 3. The Bertz CT molecular complexity index is 2310. The van der Waals surface area contributed by atoms with Gasteiger partial charge in [-0.2, -0.15) is 0 Å². The van der Waals surface area contributed by atoms with Crippen molar-refractivity contribution in [2.24, 2.45) is 0 Å². The maximum absolute atomic E-state index is 14.4. The Morgan fingerprint density at radius 2 is 1.33 bits per heavy atom. The number of likely N-dealkylation sites (tertiary alicyclic amines) is 1. The number of piperidine rings is 1. The van der Waals surface area contributed by atoms with E-state index in [2.05, 4.69) is 5.32 Å². The third-order valence-electron chi connectivity index (χ3n) is 9.57. The molecular weight excluding hydrogens is 635 g/mol. The first-order valence-corrected chi connectivity index (χ1v) is 18.0. The van der Waals surface area contributed by atoms with Crippen molar-refractivity contribution in [3.8, 4) is 0 Å². The summed E-state index contributed by atoms with van der Waals surface area (Å²) in [7, 11) is -5.05. The lowest BCUT2D eigenvalue weighted by molar-refractivity contribution is 0.0595. The Hall–Kier alpha value is -5.14. The summed E-state index contributed by atoms with van der Waals surface area (Å²) in [6, 6.07) is 35.7. The first kappa shape index (κ1) is 32.4. The molecule has 2 amide bonds. The molecule has 3 unspecified atom stereocenters. The molecule has 0 spiro atoms. The van der Waals surface area contributed by atoms with Crippen LogP contribution in [0.4, 0.5) is 0 Å². The molecular formula is C40H35N2O6P. The predicted molar refractivity (Wildman–Crippen MR) is 192 cm³/mol. The average molecular weight is 671 g/mol. The fourth-order valence-corrected chi connectivity index (χ4v) is 8.13. The van der Waals surface area contributed by atoms with Crippen LogP contribution in [0.3, 0.4) is 0 Å². The summed E-state index contributed by atoms with van der Waals surface area (Å²) in [4.78, 5) is 65.0. The minimum Gasteiger partial charge on any atom is -0.349 e. The van der Waals surface area contributed by atoms with Gasteiger partial charge in [-0.1, -0.05) is 97.1 Å². The highest BCUT2D eigenvalue weighted by Gasteiger charge is 2.40. The van der Waals surface area contributed by atoms with Crippen molar-refractivity contribution >= 4 is 57.5 Å². The third kappa shape index (κ3) is 6.39. The molecule has 0 radical (unpaired) electrons. The van der Waals surface area contributed by atoms with Crippen LogP contribution in [0.5, 0.6) is 0 Å². The van der Waals surface area contributed by atoms with Crippen molar-refractivity contribution < 1.29 is 28.7 Å². The number of Topliss-reactive ketones (excluding diaryl/α,β-unsaturated/α-hetero) is 1. The van der Waals surface area contributed by atoms with Crippen LogP contribution in [0, 0.1) is 0 Å². The fraction of sp³-hybridized carbons (Fsp3) is 0.175. The van der Waals surface area contributed by atoms with Crippen molar-refractivity contribution in [3.63, 3.8) is 0 Å². The third-order valence-corrected chi connectivity index (χ3v) is 10.8. The van der Waals surface area contributed by atoms with Gasteiger partial charge >= 0.3 is 7.60 Å². The summed E-state index contributed by atoms with van der Waals surface area (Å²) in [5.41, 5.74) is -1.01. The van der Waals surface area contributed by atoms with E-state index in [1.807, 2.05) is 84.6 Å². The monoisotopic (exact) mass is 670 g/mol. The van der Waals surface area contributed by atoms with Gasteiger partial charge in [-0.25, -0.2) is 0 Å². The first-order chi connectivity index (χ1) is 23.6. The second-order valence-electron chi connectivity index (χ2n) is 12.8. The highest BCUT2D eigenvalue weighted by molar-refractivity contribution is 7.53. The van der Waals surface area contributed by atoms with Gasteiger partial charge in [0, 0.05) is 29.8 Å². The summed E-state index contributed by atoms with van der Waals surface area (Å²) in [6.45, 7) is 2.39. The lowest BCUT2D eigenvalue weighted by Crippen LogP contribution is -2.51. The molecule has 1 aliphatic rings. The second kappa shape index (κ2) is 13.1. The Labute approximate surface area is 283 Å². The van der Waals surface area contributed by atoms with E-state index in [4.69, 9.17) is 0 Å². The summed E-state index contributed by atoms with van der Waals surface area (Å²) in [5.74, 6) is -1.41. The molecule has 1 aliphatic heterocycles. The van der Waals surface area contributed by atoms with Crippen LogP contribution in [-0.2, 0) is 4.57 Å². The van der Waals surface area contributed by atoms with Crippen molar-refractivity contribution in [1.29, 1.82) is 0 Å². The van der Waals surface area contributed by atoms with Crippen molar-refractivity contribution in [2.75, 3.05) is 6.54 Å². The van der Waals surface area contributed by atoms with Gasteiger partial charge in [-0.3, -0.25) is 18.9 Å². The largest absolute Gasteiger partial charge is 0.349 e. The highest BCUT2D eigenvalue weighted by atomic mass is 31.2. The molecule has 246 valence electrons. The number of carbonyl (C=O) groups excluding carboxylic acids is 3. The number of nitrogens with one attached hydrogen (secondary N) is 1. The average Bonchev–Trinajstić information content (AvgIpc) is 3.10. The van der Waals surface area contributed by atoms with Crippen LogP contribution in [0.25, 0.3) is 32.3 Å². The maximum Gasteiger partial charge on any atom is 0.340 e. The molecule has 49 heavy (non-hydrogen) atoms. The highest BCUT2D eigenvalue weighted by Crippen LogP contribution is 2.55. The molecule has 7 rings (SSSR count). The van der Waals surface area contributed by atoms with E-state index in [9.17, 15) is 28.7 Å². The predicted octanol–water partition coefficient (Wildman–Crippen LogP) is 7.67. The molecule has 9 heteroatoms. The standard InChI is InChI=1S/C40H35N2O6P/c1-25-21-32(19-20-42(25)40(45)31-18-17-26-9-2-3-11-28(26)22-31)41-39(44)36-24-30-13-5-4-12-29(30)23-35(36)37(43)38(49(46,47)48)34-16-8-14-27-10-6-7-15-33(27)34/h2-18,22-25,32,38H,19-21H2,1H3,(H,41,44)(H2,46,47,48). The lowest BCUT2D eigenvalue weighted by atomic mass is 9.91. The van der Waals surface area contributed by atoms with Gasteiger partial charge < -0.3 is 20.0 Å². The quantitative estimate of drug-likeness (QED) is 0.118. The van der Waals surface area contributed by atoms with E-state index in [1.165, 1.54) is 0 Å². The Morgan fingerprint density at radius 1 is 0.735 bits per heavy atom. The summed E-state index contributed by atoms with van der Waals surface area (Å²) >= 11 is 0. The van der Waals surface area contributed by atoms with E-state index in [0.29, 0.717) is 41.1 Å². The normalized spacial score (nSPS) is 17.2. The first-order valence-electron chi connectivity index (χ1n) is 16.3. The van der Waals surface area contributed by atoms with Gasteiger partial charge in [-0.15, -0.1) is 0 Å². The Kier molecular flexibility index (Phi) is 8.63. The van der Waals surface area contributed by atoms with E-state index in [1.54, 1.807) is 48.5 Å². The molecule has 3 N–H and O–H groups in total.